The van der Waals surface area contributed by atoms with E-state index in [1.54, 1.807) is 18.2 Å². The van der Waals surface area contributed by atoms with Gasteiger partial charge in [-0.15, -0.1) is 0 Å². The lowest BCUT2D eigenvalue weighted by atomic mass is 9.91. The molecule has 3 rings (SSSR count). The third-order valence-electron chi connectivity index (χ3n) is 5.17. The van der Waals surface area contributed by atoms with E-state index in [0.717, 1.165) is 17.5 Å². The minimum atomic E-state index is -4.82. The van der Waals surface area contributed by atoms with Crippen molar-refractivity contribution in [1.29, 1.82) is 0 Å². The molecule has 1 aliphatic rings. The molecule has 0 amide bonds. The average molecular weight is 526 g/mol. The summed E-state index contributed by atoms with van der Waals surface area (Å²) >= 11 is 2.72. The molecule has 0 radical (unpaired) electrons. The molecule has 1 saturated heterocycles. The summed E-state index contributed by atoms with van der Waals surface area (Å²) in [7, 11) is -2.37. The van der Waals surface area contributed by atoms with Gasteiger partial charge in [-0.1, -0.05) is 0 Å². The number of aryl methyl sites for hydroxylation is 1. The lowest BCUT2D eigenvalue weighted by Crippen LogP contribution is -2.36. The molecule has 31 heavy (non-hydrogen) atoms. The number of sulfone groups is 1. The Labute approximate surface area is 186 Å². The number of methoxy groups -OCH3 is 1. The molecule has 1 fully saturated rings. The minimum absolute atomic E-state index is 0.169. The fourth-order valence-electron chi connectivity index (χ4n) is 3.72. The monoisotopic (exact) mass is 525 g/mol. The number of hydrogen-bond acceptors (Lipinski definition) is 7. The van der Waals surface area contributed by atoms with Gasteiger partial charge in [-0.25, -0.2) is 13.4 Å². The maximum Gasteiger partial charge on any atom is 0.434 e. The van der Waals surface area contributed by atoms with Crippen molar-refractivity contribution in [3.8, 4) is 0 Å². The molecule has 0 aliphatic carbocycles. The Bertz CT molecular complexity index is 1050. The van der Waals surface area contributed by atoms with E-state index >= 15 is 0 Å². The van der Waals surface area contributed by atoms with Gasteiger partial charge < -0.3 is 9.64 Å². The van der Waals surface area contributed by atoms with Crippen LogP contribution in [0.3, 0.4) is 0 Å². The van der Waals surface area contributed by atoms with Crippen LogP contribution >= 0.6 is 15.9 Å². The number of piperidine rings is 1. The average Bonchev–Trinajstić information content (AvgIpc) is 3.05. The van der Waals surface area contributed by atoms with Crippen LogP contribution in [0.1, 0.15) is 35.7 Å². The molecule has 13 heteroatoms. The molecular weight excluding hydrogens is 503 g/mol. The highest BCUT2D eigenvalue weighted by Gasteiger charge is 2.39. The summed E-state index contributed by atoms with van der Waals surface area (Å²) in [6, 6.07) is 0. The van der Waals surface area contributed by atoms with Crippen LogP contribution in [-0.2, 0) is 27.3 Å². The van der Waals surface area contributed by atoms with Crippen LogP contribution in [-0.4, -0.2) is 61.2 Å². The second-order valence-corrected chi connectivity index (χ2v) is 10.2. The van der Waals surface area contributed by atoms with Gasteiger partial charge in [0.1, 0.15) is 0 Å². The van der Waals surface area contributed by atoms with Crippen LogP contribution in [0.5, 0.6) is 0 Å². The van der Waals surface area contributed by atoms with Crippen molar-refractivity contribution in [2.24, 2.45) is 0 Å². The third-order valence-corrected chi connectivity index (χ3v) is 7.18. The van der Waals surface area contributed by atoms with Crippen LogP contribution in [0.4, 0.5) is 19.1 Å². The number of hydrogen-bond donors (Lipinski definition) is 0. The first-order valence-electron chi connectivity index (χ1n) is 9.54. The fraction of sp³-hybridized carbons (Fsp3) is 0.611. The lowest BCUT2D eigenvalue weighted by Gasteiger charge is -2.33. The lowest BCUT2D eigenvalue weighted by molar-refractivity contribution is -0.142. The van der Waals surface area contributed by atoms with Gasteiger partial charge in [0, 0.05) is 38.1 Å². The van der Waals surface area contributed by atoms with Gasteiger partial charge in [0.25, 0.3) is 0 Å². The van der Waals surface area contributed by atoms with E-state index in [2.05, 4.69) is 31.0 Å². The number of alkyl halides is 3. The normalized spacial score (nSPS) is 16.2. The molecule has 0 spiro atoms. The first-order chi connectivity index (χ1) is 14.4. The summed E-state index contributed by atoms with van der Waals surface area (Å²) < 4.78 is 70.7. The number of ether oxygens (including phenoxy) is 1. The molecule has 0 aromatic carbocycles. The highest BCUT2D eigenvalue weighted by molar-refractivity contribution is 9.10. The number of aromatic nitrogens is 4. The zero-order valence-corrected chi connectivity index (χ0v) is 19.7. The van der Waals surface area contributed by atoms with Gasteiger partial charge >= 0.3 is 6.18 Å². The highest BCUT2D eigenvalue weighted by Crippen LogP contribution is 2.38. The molecule has 8 nitrogen and oxygen atoms in total. The first kappa shape index (κ1) is 23.9. The van der Waals surface area contributed by atoms with Crippen molar-refractivity contribution in [3.63, 3.8) is 0 Å². The Morgan fingerprint density at radius 2 is 1.90 bits per heavy atom. The maximum atomic E-state index is 13.4. The van der Waals surface area contributed by atoms with Crippen LogP contribution in [0, 0.1) is 6.92 Å². The van der Waals surface area contributed by atoms with E-state index in [1.807, 2.05) is 11.6 Å². The fourth-order valence-corrected chi connectivity index (χ4v) is 5.67. The summed E-state index contributed by atoms with van der Waals surface area (Å²) in [5.41, 5.74) is 0.836. The zero-order valence-electron chi connectivity index (χ0n) is 17.3. The summed E-state index contributed by atoms with van der Waals surface area (Å²) in [5.74, 6) is -0.0680. The molecule has 3 heterocycles. The molecular formula is C18H23BrF3N5O3S. The van der Waals surface area contributed by atoms with E-state index in [0.29, 0.717) is 39.1 Å². The molecule has 172 valence electrons. The predicted octanol–water partition coefficient (Wildman–Crippen LogP) is 3.20. The van der Waals surface area contributed by atoms with Crippen LogP contribution < -0.4 is 4.90 Å². The Hall–Kier alpha value is -1.73. The molecule has 1 aliphatic heterocycles. The van der Waals surface area contributed by atoms with Gasteiger partial charge in [0.2, 0.25) is 5.95 Å². The molecule has 0 N–H and O–H groups in total. The smallest absolute Gasteiger partial charge is 0.383 e. The van der Waals surface area contributed by atoms with Crippen LogP contribution in [0.25, 0.3) is 0 Å². The van der Waals surface area contributed by atoms with Crippen molar-refractivity contribution in [3.05, 3.63) is 27.6 Å². The standard InChI is InChI=1S/C18H23BrF3N5O3S/c1-11-10-23-27(8-9-30-2)14(11)12-4-6-26(7-5-12)17-24-15(18(20,21)22)13(19)16(25-17)31(3,28)29/h10,12H,4-9H2,1-3H3. The van der Waals surface area contributed by atoms with E-state index in [4.69, 9.17) is 4.74 Å². The number of anilines is 1. The molecule has 0 unspecified atom stereocenters. The zero-order chi connectivity index (χ0) is 23.0. The van der Waals surface area contributed by atoms with E-state index in [-0.39, 0.29) is 11.9 Å². The minimum Gasteiger partial charge on any atom is -0.383 e. The Morgan fingerprint density at radius 3 is 2.45 bits per heavy atom. The van der Waals surface area contributed by atoms with Gasteiger partial charge in [-0.3, -0.25) is 4.68 Å². The van der Waals surface area contributed by atoms with Crippen molar-refractivity contribution in [2.45, 2.75) is 43.4 Å². The van der Waals surface area contributed by atoms with Crippen molar-refractivity contribution < 1.29 is 26.3 Å². The Balaban J connectivity index is 1.87. The van der Waals surface area contributed by atoms with E-state index in [1.165, 1.54) is 0 Å². The quantitative estimate of drug-likeness (QED) is 0.535. The Kier molecular flexibility index (Phi) is 6.96. The summed E-state index contributed by atoms with van der Waals surface area (Å²) in [5, 5.41) is 3.73. The third kappa shape index (κ3) is 5.20. The number of halogens is 4. The SMILES string of the molecule is COCCn1ncc(C)c1C1CCN(c2nc(C(F)(F)F)c(Br)c(S(C)(=O)=O)n2)CC1. The van der Waals surface area contributed by atoms with Crippen LogP contribution in [0.15, 0.2) is 15.7 Å². The summed E-state index contributed by atoms with van der Waals surface area (Å²) in [6.45, 7) is 3.89. The molecule has 2 aromatic heterocycles. The van der Waals surface area contributed by atoms with Crippen LogP contribution in [0.2, 0.25) is 0 Å². The number of rotatable bonds is 6. The molecule has 0 bridgehead atoms. The second-order valence-electron chi connectivity index (χ2n) is 7.45. The highest BCUT2D eigenvalue weighted by atomic mass is 79.9. The summed E-state index contributed by atoms with van der Waals surface area (Å²) in [4.78, 5) is 9.20. The van der Waals surface area contributed by atoms with Gasteiger partial charge in [0.05, 0.1) is 23.8 Å². The molecule has 2 aromatic rings. The van der Waals surface area contributed by atoms with Gasteiger partial charge in [-0.2, -0.15) is 23.3 Å². The van der Waals surface area contributed by atoms with E-state index in [9.17, 15) is 21.6 Å². The predicted molar refractivity (Wildman–Crippen MR) is 111 cm³/mol. The van der Waals surface area contributed by atoms with Crippen molar-refractivity contribution in [1.82, 2.24) is 19.7 Å². The topological polar surface area (TPSA) is 90.2 Å². The van der Waals surface area contributed by atoms with Crippen molar-refractivity contribution >= 4 is 31.7 Å². The Morgan fingerprint density at radius 1 is 1.26 bits per heavy atom. The molecule has 0 atom stereocenters. The maximum absolute atomic E-state index is 13.4. The van der Waals surface area contributed by atoms with E-state index < -0.39 is 31.2 Å². The van der Waals surface area contributed by atoms with Gasteiger partial charge in [-0.05, 0) is 41.3 Å². The first-order valence-corrected chi connectivity index (χ1v) is 12.2. The summed E-state index contributed by atoms with van der Waals surface area (Å²) in [6.07, 6.45) is -0.911. The number of nitrogens with zero attached hydrogens (tertiary/aromatic N) is 5. The largest absolute Gasteiger partial charge is 0.434 e. The van der Waals surface area contributed by atoms with Crippen molar-refractivity contribution in [2.75, 3.05) is 38.0 Å². The second kappa shape index (κ2) is 9.02. The van der Waals surface area contributed by atoms with Gasteiger partial charge in [0.15, 0.2) is 20.6 Å². The molecule has 0 saturated carbocycles.